The van der Waals surface area contributed by atoms with Gasteiger partial charge in [0, 0.05) is 16.1 Å². The molecule has 0 saturated heterocycles. The first kappa shape index (κ1) is 12.5. The number of nitrogen functional groups attached to an aromatic ring is 1. The molecule has 0 amide bonds. The molecule has 0 bridgehead atoms. The van der Waals surface area contributed by atoms with Crippen LogP contribution in [0.3, 0.4) is 0 Å². The van der Waals surface area contributed by atoms with Gasteiger partial charge < -0.3 is 10.5 Å². The molecule has 0 fully saturated rings. The molecule has 0 spiro atoms. The second kappa shape index (κ2) is 5.56. The third-order valence-corrected chi connectivity index (χ3v) is 3.26. The topological polar surface area (TPSA) is 59.0 Å². The Kier molecular flexibility index (Phi) is 3.85. The van der Waals surface area contributed by atoms with Crippen molar-refractivity contribution in [1.29, 1.82) is 5.26 Å². The van der Waals surface area contributed by atoms with Crippen molar-refractivity contribution in [1.82, 2.24) is 0 Å². The fourth-order valence-electron chi connectivity index (χ4n) is 1.50. The maximum Gasteiger partial charge on any atom is 0.144 e. The number of nitrogens with zero attached hydrogens (tertiary/aromatic N) is 1. The summed E-state index contributed by atoms with van der Waals surface area (Å²) in [5, 5.41) is 8.83. The Bertz CT molecular complexity index is 605. The van der Waals surface area contributed by atoms with Crippen molar-refractivity contribution in [2.75, 3.05) is 5.73 Å². The Morgan fingerprint density at radius 2 is 2.00 bits per heavy atom. The van der Waals surface area contributed by atoms with Crippen molar-refractivity contribution in [3.05, 3.63) is 58.1 Å². The van der Waals surface area contributed by atoms with Crippen molar-refractivity contribution in [3.8, 4) is 11.8 Å². The van der Waals surface area contributed by atoms with Gasteiger partial charge in [-0.2, -0.15) is 5.26 Å². The van der Waals surface area contributed by atoms with Crippen LogP contribution in [-0.2, 0) is 6.61 Å². The normalized spacial score (nSPS) is 9.78. The smallest absolute Gasteiger partial charge is 0.144 e. The van der Waals surface area contributed by atoms with E-state index in [0.29, 0.717) is 23.6 Å². The maximum absolute atomic E-state index is 8.83. The Hall–Kier alpha value is -1.99. The van der Waals surface area contributed by atoms with E-state index < -0.39 is 0 Å². The molecular formula is C14H11BrN2O. The average molecular weight is 303 g/mol. The summed E-state index contributed by atoms with van der Waals surface area (Å²) in [6, 6.07) is 14.9. The number of halogens is 1. The van der Waals surface area contributed by atoms with Crippen LogP contribution in [0.25, 0.3) is 0 Å². The number of nitriles is 1. The quantitative estimate of drug-likeness (QED) is 0.883. The lowest BCUT2D eigenvalue weighted by Crippen LogP contribution is -1.99. The highest BCUT2D eigenvalue weighted by molar-refractivity contribution is 9.10. The molecule has 0 aromatic heterocycles. The molecule has 0 saturated carbocycles. The number of hydrogen-bond acceptors (Lipinski definition) is 3. The van der Waals surface area contributed by atoms with Crippen LogP contribution >= 0.6 is 15.9 Å². The molecule has 0 atom stereocenters. The average Bonchev–Trinajstić information content (AvgIpc) is 2.39. The van der Waals surface area contributed by atoms with Gasteiger partial charge in [-0.15, -0.1) is 0 Å². The van der Waals surface area contributed by atoms with Crippen molar-refractivity contribution in [2.24, 2.45) is 0 Å². The Morgan fingerprint density at radius 3 is 2.72 bits per heavy atom. The summed E-state index contributed by atoms with van der Waals surface area (Å²) in [4.78, 5) is 0. The monoisotopic (exact) mass is 302 g/mol. The van der Waals surface area contributed by atoms with Crippen LogP contribution in [0.5, 0.6) is 5.75 Å². The minimum absolute atomic E-state index is 0.403. The minimum atomic E-state index is 0.403. The van der Waals surface area contributed by atoms with Crippen molar-refractivity contribution in [3.63, 3.8) is 0 Å². The number of hydrogen-bond donors (Lipinski definition) is 1. The summed E-state index contributed by atoms with van der Waals surface area (Å²) >= 11 is 3.45. The zero-order valence-corrected chi connectivity index (χ0v) is 11.1. The molecule has 0 radical (unpaired) electrons. The second-order valence-corrected chi connectivity index (χ2v) is 4.60. The molecule has 3 nitrogen and oxygen atoms in total. The zero-order chi connectivity index (χ0) is 13.0. The molecule has 2 rings (SSSR count). The Morgan fingerprint density at radius 1 is 1.22 bits per heavy atom. The van der Waals surface area contributed by atoms with E-state index in [0.717, 1.165) is 10.0 Å². The van der Waals surface area contributed by atoms with Gasteiger partial charge in [0.05, 0.1) is 17.3 Å². The molecule has 18 heavy (non-hydrogen) atoms. The lowest BCUT2D eigenvalue weighted by molar-refractivity contribution is 0.307. The first-order valence-electron chi connectivity index (χ1n) is 5.36. The summed E-state index contributed by atoms with van der Waals surface area (Å²) < 4.78 is 6.63. The van der Waals surface area contributed by atoms with Gasteiger partial charge in [-0.1, -0.05) is 34.1 Å². The van der Waals surface area contributed by atoms with Gasteiger partial charge in [0.25, 0.3) is 0 Å². The molecule has 2 N–H and O–H groups in total. The molecular weight excluding hydrogens is 292 g/mol. The molecule has 2 aromatic carbocycles. The zero-order valence-electron chi connectivity index (χ0n) is 9.56. The number of nitrogens with two attached hydrogens (primary N) is 1. The molecule has 0 unspecified atom stereocenters. The number of ether oxygens (including phenoxy) is 1. The molecule has 90 valence electrons. The van der Waals surface area contributed by atoms with Crippen molar-refractivity contribution < 1.29 is 4.74 Å². The van der Waals surface area contributed by atoms with Crippen LogP contribution in [0.4, 0.5) is 5.69 Å². The molecule has 2 aromatic rings. The van der Waals surface area contributed by atoms with E-state index in [9.17, 15) is 0 Å². The molecule has 4 heteroatoms. The summed E-state index contributed by atoms with van der Waals surface area (Å²) in [6.45, 7) is 0.403. The van der Waals surface area contributed by atoms with E-state index in [4.69, 9.17) is 15.7 Å². The Labute approximate surface area is 114 Å². The first-order chi connectivity index (χ1) is 8.70. The van der Waals surface area contributed by atoms with E-state index in [1.54, 1.807) is 18.2 Å². The third kappa shape index (κ3) is 2.82. The summed E-state index contributed by atoms with van der Waals surface area (Å²) in [6.07, 6.45) is 0. The van der Waals surface area contributed by atoms with Gasteiger partial charge >= 0.3 is 0 Å². The van der Waals surface area contributed by atoms with Crippen molar-refractivity contribution >= 4 is 21.6 Å². The van der Waals surface area contributed by atoms with Crippen LogP contribution in [0.2, 0.25) is 0 Å². The highest BCUT2D eigenvalue weighted by Crippen LogP contribution is 2.25. The van der Waals surface area contributed by atoms with E-state index in [1.165, 1.54) is 0 Å². The predicted octanol–water partition coefficient (Wildman–Crippen LogP) is 3.48. The lowest BCUT2D eigenvalue weighted by Gasteiger charge is -2.10. The van der Waals surface area contributed by atoms with E-state index in [1.807, 2.05) is 24.3 Å². The minimum Gasteiger partial charge on any atom is -0.487 e. The fraction of sp³-hybridized carbons (Fsp3) is 0.0714. The van der Waals surface area contributed by atoms with Crippen LogP contribution in [0, 0.1) is 11.3 Å². The fourth-order valence-corrected chi connectivity index (χ4v) is 1.90. The standard InChI is InChI=1S/C14H11BrN2O/c15-12-4-2-1-3-11(12)9-18-14-7-10(8-16)5-6-13(14)17/h1-7H,9,17H2. The van der Waals surface area contributed by atoms with Crippen LogP contribution in [0.1, 0.15) is 11.1 Å². The van der Waals surface area contributed by atoms with E-state index >= 15 is 0 Å². The van der Waals surface area contributed by atoms with Crippen LogP contribution in [0.15, 0.2) is 46.9 Å². The van der Waals surface area contributed by atoms with Gasteiger partial charge in [-0.3, -0.25) is 0 Å². The highest BCUT2D eigenvalue weighted by Gasteiger charge is 2.04. The highest BCUT2D eigenvalue weighted by atomic mass is 79.9. The van der Waals surface area contributed by atoms with Gasteiger partial charge in [-0.25, -0.2) is 0 Å². The second-order valence-electron chi connectivity index (χ2n) is 3.74. The SMILES string of the molecule is N#Cc1ccc(N)c(OCc2ccccc2Br)c1. The molecule has 0 aliphatic carbocycles. The Balaban J connectivity index is 2.16. The van der Waals surface area contributed by atoms with Crippen molar-refractivity contribution in [2.45, 2.75) is 6.61 Å². The first-order valence-corrected chi connectivity index (χ1v) is 6.16. The summed E-state index contributed by atoms with van der Waals surface area (Å²) in [5.41, 5.74) is 7.89. The van der Waals surface area contributed by atoms with Crippen LogP contribution < -0.4 is 10.5 Å². The lowest BCUT2D eigenvalue weighted by atomic mass is 10.2. The van der Waals surface area contributed by atoms with Gasteiger partial charge in [-0.05, 0) is 18.2 Å². The summed E-state index contributed by atoms with van der Waals surface area (Å²) in [7, 11) is 0. The van der Waals surface area contributed by atoms with Gasteiger partial charge in [0.15, 0.2) is 0 Å². The van der Waals surface area contributed by atoms with E-state index in [2.05, 4.69) is 22.0 Å². The number of anilines is 1. The van der Waals surface area contributed by atoms with E-state index in [-0.39, 0.29) is 0 Å². The predicted molar refractivity (Wildman–Crippen MR) is 74.0 cm³/mol. The number of rotatable bonds is 3. The summed E-state index contributed by atoms with van der Waals surface area (Å²) in [5.74, 6) is 0.532. The number of benzene rings is 2. The molecule has 0 aliphatic heterocycles. The maximum atomic E-state index is 8.83. The largest absolute Gasteiger partial charge is 0.487 e. The molecule has 0 aliphatic rings. The van der Waals surface area contributed by atoms with Gasteiger partial charge in [0.2, 0.25) is 0 Å². The van der Waals surface area contributed by atoms with Gasteiger partial charge in [0.1, 0.15) is 12.4 Å². The van der Waals surface area contributed by atoms with Crippen LogP contribution in [-0.4, -0.2) is 0 Å². The third-order valence-electron chi connectivity index (χ3n) is 2.48. The molecule has 0 heterocycles.